The molecule has 5 rings (SSSR count). The number of rotatable bonds is 3. The normalized spacial score (nSPS) is 19.9. The van der Waals surface area contributed by atoms with Crippen molar-refractivity contribution in [1.82, 2.24) is 15.0 Å². The van der Waals surface area contributed by atoms with Crippen LogP contribution in [0, 0.1) is 0 Å². The van der Waals surface area contributed by atoms with Gasteiger partial charge in [0.15, 0.2) is 0 Å². The smallest absolute Gasteiger partial charge is 0.213 e. The minimum absolute atomic E-state index is 0.0876. The molecule has 5 nitrogen and oxygen atoms in total. The highest BCUT2D eigenvalue weighted by Crippen LogP contribution is 2.30. The van der Waals surface area contributed by atoms with Crippen LogP contribution in [0.25, 0.3) is 32.9 Å². The molecule has 1 aromatic carbocycles. The third-order valence-electron chi connectivity index (χ3n) is 4.83. The number of nitrogens with one attached hydrogen (secondary N) is 1. The Kier molecular flexibility index (Phi) is 3.21. The van der Waals surface area contributed by atoms with E-state index >= 15 is 0 Å². The maximum absolute atomic E-state index is 9.32. The van der Waals surface area contributed by atoms with E-state index in [1.807, 2.05) is 30.6 Å². The minimum atomic E-state index is -0.220. The van der Waals surface area contributed by atoms with Gasteiger partial charge < -0.3 is 14.8 Å². The van der Waals surface area contributed by atoms with Crippen LogP contribution < -0.4 is 4.74 Å². The standard InChI is InChI=1S/C20H17N3O2/c24-14-8-15(9-14)25-20-4-2-13(10-22-20)12-1-3-16-17-11-21-6-5-18(17)23-19(16)7-12/h1-7,10-11,14-15,23-24H,8-9H2/t14-,15+. The fourth-order valence-electron chi connectivity index (χ4n) is 3.35. The van der Waals surface area contributed by atoms with E-state index in [1.165, 1.54) is 5.39 Å². The quantitative estimate of drug-likeness (QED) is 0.601. The molecule has 0 atom stereocenters. The van der Waals surface area contributed by atoms with E-state index in [-0.39, 0.29) is 12.2 Å². The van der Waals surface area contributed by atoms with Crippen LogP contribution in [0.1, 0.15) is 12.8 Å². The summed E-state index contributed by atoms with van der Waals surface area (Å²) in [4.78, 5) is 12.0. The van der Waals surface area contributed by atoms with E-state index in [0.717, 1.165) is 27.5 Å². The Labute approximate surface area is 144 Å². The summed E-state index contributed by atoms with van der Waals surface area (Å²) in [5.41, 5.74) is 4.32. The van der Waals surface area contributed by atoms with Gasteiger partial charge in [-0.15, -0.1) is 0 Å². The Balaban J connectivity index is 1.45. The molecule has 0 saturated heterocycles. The second-order valence-corrected chi connectivity index (χ2v) is 6.56. The molecule has 3 aromatic heterocycles. The van der Waals surface area contributed by atoms with E-state index in [4.69, 9.17) is 4.74 Å². The van der Waals surface area contributed by atoms with Gasteiger partial charge in [-0.3, -0.25) is 4.98 Å². The van der Waals surface area contributed by atoms with E-state index < -0.39 is 0 Å². The lowest BCUT2D eigenvalue weighted by Crippen LogP contribution is -2.37. The van der Waals surface area contributed by atoms with E-state index in [1.54, 1.807) is 6.20 Å². The summed E-state index contributed by atoms with van der Waals surface area (Å²) < 4.78 is 5.74. The lowest BCUT2D eigenvalue weighted by molar-refractivity contribution is -0.0128. The predicted octanol–water partition coefficient (Wildman–Crippen LogP) is 3.68. The summed E-state index contributed by atoms with van der Waals surface area (Å²) in [5, 5.41) is 11.6. The number of aromatic nitrogens is 3. The highest BCUT2D eigenvalue weighted by molar-refractivity contribution is 6.07. The van der Waals surface area contributed by atoms with Gasteiger partial charge in [0, 0.05) is 64.9 Å². The highest BCUT2D eigenvalue weighted by Gasteiger charge is 2.29. The van der Waals surface area contributed by atoms with Crippen molar-refractivity contribution in [2.24, 2.45) is 0 Å². The summed E-state index contributed by atoms with van der Waals surface area (Å²) in [6, 6.07) is 12.2. The third kappa shape index (κ3) is 2.53. The number of aliphatic hydroxyl groups excluding tert-OH is 1. The minimum Gasteiger partial charge on any atom is -0.474 e. The first kappa shape index (κ1) is 14.4. The van der Waals surface area contributed by atoms with Gasteiger partial charge >= 0.3 is 0 Å². The molecule has 2 N–H and O–H groups in total. The van der Waals surface area contributed by atoms with Gasteiger partial charge in [0.1, 0.15) is 6.10 Å². The number of fused-ring (bicyclic) bond motifs is 3. The van der Waals surface area contributed by atoms with Crippen molar-refractivity contribution in [3.05, 3.63) is 55.0 Å². The van der Waals surface area contributed by atoms with Crippen molar-refractivity contribution in [2.45, 2.75) is 25.0 Å². The summed E-state index contributed by atoms with van der Waals surface area (Å²) >= 11 is 0. The van der Waals surface area contributed by atoms with Gasteiger partial charge in [-0.05, 0) is 23.8 Å². The number of pyridine rings is 2. The predicted molar refractivity (Wildman–Crippen MR) is 96.5 cm³/mol. The van der Waals surface area contributed by atoms with Crippen molar-refractivity contribution in [3.63, 3.8) is 0 Å². The maximum atomic E-state index is 9.32. The van der Waals surface area contributed by atoms with Crippen molar-refractivity contribution in [3.8, 4) is 17.0 Å². The second-order valence-electron chi connectivity index (χ2n) is 6.56. The number of nitrogens with zero attached hydrogens (tertiary/aromatic N) is 2. The van der Waals surface area contributed by atoms with Crippen molar-refractivity contribution >= 4 is 21.8 Å². The van der Waals surface area contributed by atoms with Crippen LogP contribution in [0.2, 0.25) is 0 Å². The summed E-state index contributed by atoms with van der Waals surface area (Å²) in [7, 11) is 0. The molecule has 0 radical (unpaired) electrons. The Bertz CT molecular complexity index is 1050. The SMILES string of the molecule is O[C@H]1C[C@@H](Oc2ccc(-c3ccc4c(c3)[nH]c3ccncc34)cn2)C1. The molecule has 4 aromatic rings. The van der Waals surface area contributed by atoms with Gasteiger partial charge in [-0.25, -0.2) is 4.98 Å². The average Bonchev–Trinajstić information content (AvgIpc) is 2.99. The van der Waals surface area contributed by atoms with Gasteiger partial charge in [0.25, 0.3) is 0 Å². The lowest BCUT2D eigenvalue weighted by Gasteiger charge is -2.31. The molecule has 3 heterocycles. The first-order valence-electron chi connectivity index (χ1n) is 8.43. The van der Waals surface area contributed by atoms with Gasteiger partial charge in [-0.2, -0.15) is 0 Å². The Hall–Kier alpha value is -2.92. The largest absolute Gasteiger partial charge is 0.474 e. The third-order valence-corrected chi connectivity index (χ3v) is 4.83. The summed E-state index contributed by atoms with van der Waals surface area (Å²) in [5.74, 6) is 0.610. The molecule has 0 spiro atoms. The van der Waals surface area contributed by atoms with Crippen LogP contribution in [-0.4, -0.2) is 32.3 Å². The number of benzene rings is 1. The van der Waals surface area contributed by atoms with Crippen LogP contribution >= 0.6 is 0 Å². The number of ether oxygens (including phenoxy) is 1. The maximum Gasteiger partial charge on any atom is 0.213 e. The molecule has 124 valence electrons. The van der Waals surface area contributed by atoms with Crippen molar-refractivity contribution in [2.75, 3.05) is 0 Å². The molecule has 1 fully saturated rings. The van der Waals surface area contributed by atoms with E-state index in [9.17, 15) is 5.11 Å². The molecular weight excluding hydrogens is 314 g/mol. The number of hydrogen-bond donors (Lipinski definition) is 2. The van der Waals surface area contributed by atoms with Crippen molar-refractivity contribution < 1.29 is 9.84 Å². The summed E-state index contributed by atoms with van der Waals surface area (Å²) in [6.45, 7) is 0. The van der Waals surface area contributed by atoms with Gasteiger partial charge in [0.2, 0.25) is 5.88 Å². The Morgan fingerprint density at radius 1 is 0.960 bits per heavy atom. The van der Waals surface area contributed by atoms with Crippen LogP contribution in [0.5, 0.6) is 5.88 Å². The molecule has 0 bridgehead atoms. The van der Waals surface area contributed by atoms with E-state index in [2.05, 4.69) is 33.2 Å². The fourth-order valence-corrected chi connectivity index (χ4v) is 3.35. The van der Waals surface area contributed by atoms with Gasteiger partial charge in [-0.1, -0.05) is 12.1 Å². The zero-order chi connectivity index (χ0) is 16.8. The molecule has 1 aliphatic carbocycles. The zero-order valence-corrected chi connectivity index (χ0v) is 13.5. The molecule has 0 aliphatic heterocycles. The molecule has 1 aliphatic rings. The Morgan fingerprint density at radius 3 is 2.64 bits per heavy atom. The van der Waals surface area contributed by atoms with E-state index in [0.29, 0.717) is 18.7 Å². The van der Waals surface area contributed by atoms with Crippen LogP contribution in [-0.2, 0) is 0 Å². The number of aliphatic hydroxyl groups is 1. The molecular formula is C20H17N3O2. The monoisotopic (exact) mass is 331 g/mol. The average molecular weight is 331 g/mol. The van der Waals surface area contributed by atoms with Crippen LogP contribution in [0.15, 0.2) is 55.0 Å². The molecule has 1 saturated carbocycles. The first-order chi connectivity index (χ1) is 12.3. The van der Waals surface area contributed by atoms with Crippen LogP contribution in [0.3, 0.4) is 0 Å². The number of H-pyrrole nitrogens is 1. The Morgan fingerprint density at radius 2 is 1.84 bits per heavy atom. The number of hydrogen-bond acceptors (Lipinski definition) is 4. The molecule has 5 heteroatoms. The lowest BCUT2D eigenvalue weighted by atomic mass is 9.92. The van der Waals surface area contributed by atoms with Crippen molar-refractivity contribution in [1.29, 1.82) is 0 Å². The molecule has 0 unspecified atom stereocenters. The highest BCUT2D eigenvalue weighted by atomic mass is 16.5. The number of aromatic amines is 1. The molecule has 0 amide bonds. The first-order valence-corrected chi connectivity index (χ1v) is 8.43. The second kappa shape index (κ2) is 5.57. The topological polar surface area (TPSA) is 71.0 Å². The molecule has 25 heavy (non-hydrogen) atoms. The fraction of sp³-hybridized carbons (Fsp3) is 0.200. The zero-order valence-electron chi connectivity index (χ0n) is 13.5. The van der Waals surface area contributed by atoms with Gasteiger partial charge in [0.05, 0.1) is 6.10 Å². The van der Waals surface area contributed by atoms with Crippen LogP contribution in [0.4, 0.5) is 0 Å². The summed E-state index contributed by atoms with van der Waals surface area (Å²) in [6.07, 6.45) is 6.76.